The molecule has 0 bridgehead atoms. The largest absolute Gasteiger partial charge is 0.419 e. The molecule has 0 aliphatic heterocycles. The third kappa shape index (κ3) is 5.24. The van der Waals surface area contributed by atoms with Gasteiger partial charge in [-0.25, -0.2) is 0 Å². The second-order valence-corrected chi connectivity index (χ2v) is 1.29. The average molecular weight is 99.1 g/mol. The van der Waals surface area contributed by atoms with Crippen molar-refractivity contribution in [3.05, 3.63) is 24.5 Å². The van der Waals surface area contributed by atoms with E-state index in [4.69, 9.17) is 0 Å². The van der Waals surface area contributed by atoms with E-state index >= 15 is 0 Å². The maximum atomic E-state index is 4.65. The molecule has 0 spiro atoms. The summed E-state index contributed by atoms with van der Waals surface area (Å²) >= 11 is 0. The zero-order valence-electron chi connectivity index (χ0n) is 4.35. The lowest BCUT2D eigenvalue weighted by molar-refractivity contribution is 0.261. The van der Waals surface area contributed by atoms with Crippen molar-refractivity contribution >= 4 is 0 Å². The SMILES string of the molecule is C=C(C)/C=C\ON. The fraction of sp³-hybridized carbons (Fsp3) is 0.200. The highest BCUT2D eigenvalue weighted by atomic mass is 16.6. The Morgan fingerprint density at radius 2 is 2.43 bits per heavy atom. The molecule has 0 heterocycles. The Bertz CT molecular complexity index is 86.1. The Morgan fingerprint density at radius 1 is 1.86 bits per heavy atom. The van der Waals surface area contributed by atoms with Crippen molar-refractivity contribution in [3.63, 3.8) is 0 Å². The van der Waals surface area contributed by atoms with Crippen LogP contribution in [-0.2, 0) is 4.84 Å². The first kappa shape index (κ1) is 6.24. The summed E-state index contributed by atoms with van der Waals surface area (Å²) in [6.45, 7) is 5.43. The van der Waals surface area contributed by atoms with E-state index in [0.29, 0.717) is 0 Å². The molecule has 2 N–H and O–H groups in total. The van der Waals surface area contributed by atoms with Crippen LogP contribution < -0.4 is 5.90 Å². The molecule has 40 valence electrons. The minimum atomic E-state index is 0.922. The van der Waals surface area contributed by atoms with E-state index in [1.54, 1.807) is 6.08 Å². The molecule has 0 fully saturated rings. The minimum absolute atomic E-state index is 0.922. The zero-order valence-corrected chi connectivity index (χ0v) is 4.35. The van der Waals surface area contributed by atoms with Gasteiger partial charge >= 0.3 is 0 Å². The standard InChI is InChI=1S/C5H9NO/c1-5(2)3-4-7-6/h3-4H,1,6H2,2H3/b4-3-. The lowest BCUT2D eigenvalue weighted by atomic mass is 10.4. The highest BCUT2D eigenvalue weighted by molar-refractivity contribution is 5.08. The molecular formula is C5H9NO. The van der Waals surface area contributed by atoms with Crippen LogP contribution in [0.3, 0.4) is 0 Å². The first-order valence-electron chi connectivity index (χ1n) is 1.95. The first-order chi connectivity index (χ1) is 3.27. The van der Waals surface area contributed by atoms with E-state index in [0.717, 1.165) is 5.57 Å². The van der Waals surface area contributed by atoms with Gasteiger partial charge in [-0.05, 0) is 13.0 Å². The molecule has 2 heteroatoms. The fourth-order valence-electron chi connectivity index (χ4n) is 0.155. The smallest absolute Gasteiger partial charge is 0.111 e. The van der Waals surface area contributed by atoms with Crippen LogP contribution in [0.15, 0.2) is 24.5 Å². The average Bonchev–Trinajstić information content (AvgIpc) is 1.61. The molecule has 0 rings (SSSR count). The summed E-state index contributed by atoms with van der Waals surface area (Å²) < 4.78 is 0. The van der Waals surface area contributed by atoms with Gasteiger partial charge in [-0.1, -0.05) is 12.2 Å². The molecule has 0 saturated heterocycles. The lowest BCUT2D eigenvalue weighted by Crippen LogP contribution is -1.87. The van der Waals surface area contributed by atoms with Gasteiger partial charge in [0.2, 0.25) is 0 Å². The van der Waals surface area contributed by atoms with E-state index in [9.17, 15) is 0 Å². The number of hydrogen-bond acceptors (Lipinski definition) is 2. The Morgan fingerprint density at radius 3 is 2.57 bits per heavy atom. The van der Waals surface area contributed by atoms with Gasteiger partial charge in [0.05, 0.1) is 0 Å². The number of rotatable bonds is 2. The number of allylic oxidation sites excluding steroid dienone is 2. The van der Waals surface area contributed by atoms with Gasteiger partial charge in [0.25, 0.3) is 0 Å². The topological polar surface area (TPSA) is 35.2 Å². The molecule has 0 aromatic carbocycles. The molecule has 0 aliphatic rings. The molecule has 0 saturated carbocycles. The molecule has 0 radical (unpaired) electrons. The van der Waals surface area contributed by atoms with Crippen LogP contribution >= 0.6 is 0 Å². The van der Waals surface area contributed by atoms with E-state index in [1.807, 2.05) is 6.92 Å². The Hall–Kier alpha value is -0.760. The molecular weight excluding hydrogens is 90.1 g/mol. The number of hydrogen-bond donors (Lipinski definition) is 1. The molecule has 0 unspecified atom stereocenters. The molecule has 2 nitrogen and oxygen atoms in total. The van der Waals surface area contributed by atoms with Crippen LogP contribution in [0.4, 0.5) is 0 Å². The summed E-state index contributed by atoms with van der Waals surface area (Å²) in [4.78, 5) is 4.11. The zero-order chi connectivity index (χ0) is 5.70. The van der Waals surface area contributed by atoms with Crippen molar-refractivity contribution in [1.29, 1.82) is 0 Å². The molecule has 0 amide bonds. The van der Waals surface area contributed by atoms with Crippen LogP contribution in [-0.4, -0.2) is 0 Å². The van der Waals surface area contributed by atoms with Gasteiger partial charge in [-0.3, -0.25) is 0 Å². The molecule has 7 heavy (non-hydrogen) atoms. The Balaban J connectivity index is 3.26. The Labute approximate surface area is 43.2 Å². The van der Waals surface area contributed by atoms with Crippen LogP contribution in [0.5, 0.6) is 0 Å². The maximum Gasteiger partial charge on any atom is 0.111 e. The van der Waals surface area contributed by atoms with E-state index in [1.165, 1.54) is 6.26 Å². The third-order valence-corrected chi connectivity index (χ3v) is 0.431. The predicted octanol–water partition coefficient (Wildman–Crippen LogP) is 0.966. The Kier molecular flexibility index (Phi) is 3.06. The summed E-state index contributed by atoms with van der Waals surface area (Å²) in [5.74, 6) is 4.65. The second-order valence-electron chi connectivity index (χ2n) is 1.29. The molecule has 0 aromatic heterocycles. The van der Waals surface area contributed by atoms with Crippen molar-refractivity contribution < 1.29 is 4.84 Å². The summed E-state index contributed by atoms with van der Waals surface area (Å²) in [5.41, 5.74) is 0.922. The molecule has 0 aliphatic carbocycles. The first-order valence-corrected chi connectivity index (χ1v) is 1.95. The van der Waals surface area contributed by atoms with Crippen molar-refractivity contribution in [1.82, 2.24) is 0 Å². The van der Waals surface area contributed by atoms with Crippen LogP contribution in [0, 0.1) is 0 Å². The quantitative estimate of drug-likeness (QED) is 0.318. The van der Waals surface area contributed by atoms with Crippen LogP contribution in [0.1, 0.15) is 6.92 Å². The molecule has 0 atom stereocenters. The third-order valence-electron chi connectivity index (χ3n) is 0.431. The highest BCUT2D eigenvalue weighted by Gasteiger charge is 1.68. The van der Waals surface area contributed by atoms with E-state index in [2.05, 4.69) is 17.3 Å². The van der Waals surface area contributed by atoms with Crippen molar-refractivity contribution in [2.75, 3.05) is 0 Å². The maximum absolute atomic E-state index is 4.65. The van der Waals surface area contributed by atoms with Gasteiger partial charge in [0.1, 0.15) is 6.26 Å². The number of nitrogens with two attached hydrogens (primary N) is 1. The van der Waals surface area contributed by atoms with Crippen molar-refractivity contribution in [2.45, 2.75) is 6.92 Å². The summed E-state index contributed by atoms with van der Waals surface area (Å²) in [5, 5.41) is 0. The summed E-state index contributed by atoms with van der Waals surface area (Å²) in [7, 11) is 0. The van der Waals surface area contributed by atoms with Crippen LogP contribution in [0.2, 0.25) is 0 Å². The minimum Gasteiger partial charge on any atom is -0.419 e. The van der Waals surface area contributed by atoms with Crippen LogP contribution in [0.25, 0.3) is 0 Å². The lowest BCUT2D eigenvalue weighted by Gasteiger charge is -1.83. The summed E-state index contributed by atoms with van der Waals surface area (Å²) in [6, 6.07) is 0. The second kappa shape index (κ2) is 3.43. The van der Waals surface area contributed by atoms with Gasteiger partial charge in [0, 0.05) is 0 Å². The van der Waals surface area contributed by atoms with Gasteiger partial charge in [-0.15, -0.1) is 0 Å². The molecule has 0 aromatic rings. The van der Waals surface area contributed by atoms with Crippen molar-refractivity contribution in [3.8, 4) is 0 Å². The van der Waals surface area contributed by atoms with E-state index < -0.39 is 0 Å². The van der Waals surface area contributed by atoms with Gasteiger partial charge in [-0.2, -0.15) is 5.90 Å². The van der Waals surface area contributed by atoms with Crippen molar-refractivity contribution in [2.24, 2.45) is 5.90 Å². The normalized spacial score (nSPS) is 9.43. The summed E-state index contributed by atoms with van der Waals surface area (Å²) in [6.07, 6.45) is 3.06. The van der Waals surface area contributed by atoms with Gasteiger partial charge < -0.3 is 4.84 Å². The highest BCUT2D eigenvalue weighted by Crippen LogP contribution is 1.85. The fourth-order valence-corrected chi connectivity index (χ4v) is 0.155. The van der Waals surface area contributed by atoms with Gasteiger partial charge in [0.15, 0.2) is 0 Å². The van der Waals surface area contributed by atoms with E-state index in [-0.39, 0.29) is 0 Å². The predicted molar refractivity (Wildman–Crippen MR) is 29.2 cm³/mol. The monoisotopic (exact) mass is 99.1 g/mol.